The van der Waals surface area contributed by atoms with Crippen LogP contribution in [0.2, 0.25) is 0 Å². The van der Waals surface area contributed by atoms with Crippen LogP contribution in [0.4, 0.5) is 15.8 Å². The Hall–Kier alpha value is -3.72. The molecule has 31 heavy (non-hydrogen) atoms. The molecule has 0 atom stereocenters. The average Bonchev–Trinajstić information content (AvgIpc) is 3.09. The molecule has 4 aromatic rings. The number of amides is 1. The Morgan fingerprint density at radius 1 is 1.03 bits per heavy atom. The molecule has 0 aliphatic rings. The molecule has 9 heteroatoms. The van der Waals surface area contributed by atoms with Gasteiger partial charge in [-0.3, -0.25) is 9.52 Å². The Kier molecular flexibility index (Phi) is 5.20. The van der Waals surface area contributed by atoms with Gasteiger partial charge in [-0.15, -0.1) is 0 Å². The number of halogens is 1. The summed E-state index contributed by atoms with van der Waals surface area (Å²) in [5, 5.41) is 2.74. The van der Waals surface area contributed by atoms with Gasteiger partial charge in [0.15, 0.2) is 11.5 Å². The molecule has 4 rings (SSSR count). The highest BCUT2D eigenvalue weighted by Gasteiger charge is 2.20. The molecule has 3 aromatic carbocycles. The second kappa shape index (κ2) is 7.84. The third kappa shape index (κ3) is 4.26. The average molecular weight is 439 g/mol. The molecule has 2 N–H and O–H groups in total. The molecular weight excluding hydrogens is 421 g/mol. The van der Waals surface area contributed by atoms with Crippen LogP contribution in [0.25, 0.3) is 11.1 Å². The van der Waals surface area contributed by atoms with E-state index in [1.165, 1.54) is 31.2 Å². The Morgan fingerprint density at radius 3 is 2.58 bits per heavy atom. The Bertz CT molecular complexity index is 1410. The third-order valence-electron chi connectivity index (χ3n) is 4.61. The number of aryl methyl sites for hydroxylation is 2. The first-order chi connectivity index (χ1) is 14.7. The van der Waals surface area contributed by atoms with Gasteiger partial charge < -0.3 is 9.73 Å². The zero-order valence-electron chi connectivity index (χ0n) is 16.6. The van der Waals surface area contributed by atoms with E-state index in [1.807, 2.05) is 0 Å². The lowest BCUT2D eigenvalue weighted by Crippen LogP contribution is -2.18. The van der Waals surface area contributed by atoms with Crippen molar-refractivity contribution in [2.45, 2.75) is 18.7 Å². The number of carbonyl (C=O) groups excluding carboxylic acids is 1. The van der Waals surface area contributed by atoms with Gasteiger partial charge in [-0.2, -0.15) is 0 Å². The molecule has 7 nitrogen and oxygen atoms in total. The summed E-state index contributed by atoms with van der Waals surface area (Å²) in [6.07, 6.45) is 0. The Morgan fingerprint density at radius 2 is 1.81 bits per heavy atom. The predicted molar refractivity (Wildman–Crippen MR) is 115 cm³/mol. The lowest BCUT2D eigenvalue weighted by Gasteiger charge is -2.13. The van der Waals surface area contributed by atoms with Crippen molar-refractivity contribution in [1.29, 1.82) is 0 Å². The van der Waals surface area contributed by atoms with Crippen molar-refractivity contribution in [3.05, 3.63) is 83.5 Å². The molecule has 1 aromatic heterocycles. The van der Waals surface area contributed by atoms with E-state index in [1.54, 1.807) is 37.3 Å². The largest absolute Gasteiger partial charge is 0.441 e. The standard InChI is InChI=1S/C22H18FN3O4S/c1-13-11-16(8-9-18(13)23)31(28,29)26-19-6-4-3-5-17(19)22(27)25-15-7-10-21-20(12-15)24-14(2)30-21/h3-12,26H,1-2H3,(H,25,27). The maximum Gasteiger partial charge on any atom is 0.261 e. The summed E-state index contributed by atoms with van der Waals surface area (Å²) in [7, 11) is -4.03. The van der Waals surface area contributed by atoms with Crippen LogP contribution in [0.3, 0.4) is 0 Å². The third-order valence-corrected chi connectivity index (χ3v) is 5.97. The lowest BCUT2D eigenvalue weighted by atomic mass is 10.1. The number of nitrogens with zero attached hydrogens (tertiary/aromatic N) is 1. The zero-order chi connectivity index (χ0) is 22.2. The summed E-state index contributed by atoms with van der Waals surface area (Å²) in [5.41, 5.74) is 2.10. The van der Waals surface area contributed by atoms with Crippen molar-refractivity contribution in [3.63, 3.8) is 0 Å². The van der Waals surface area contributed by atoms with Crippen molar-refractivity contribution in [2.75, 3.05) is 10.0 Å². The van der Waals surface area contributed by atoms with Gasteiger partial charge in [0.1, 0.15) is 11.3 Å². The van der Waals surface area contributed by atoms with Gasteiger partial charge in [0.25, 0.3) is 15.9 Å². The topological polar surface area (TPSA) is 101 Å². The number of aromatic nitrogens is 1. The second-order valence-electron chi connectivity index (χ2n) is 6.93. The molecule has 1 amide bonds. The van der Waals surface area contributed by atoms with E-state index in [4.69, 9.17) is 4.42 Å². The predicted octanol–water partition coefficient (Wildman–Crippen LogP) is 4.64. The fraction of sp³-hybridized carbons (Fsp3) is 0.0909. The molecule has 0 saturated carbocycles. The Labute approximate surface area is 178 Å². The molecule has 0 aliphatic carbocycles. The summed E-state index contributed by atoms with van der Waals surface area (Å²) >= 11 is 0. The molecule has 0 fully saturated rings. The number of sulfonamides is 1. The van der Waals surface area contributed by atoms with Crippen LogP contribution in [0.1, 0.15) is 21.8 Å². The first kappa shape index (κ1) is 20.5. The summed E-state index contributed by atoms with van der Waals surface area (Å²) in [4.78, 5) is 17.0. The maximum absolute atomic E-state index is 13.5. The van der Waals surface area contributed by atoms with E-state index in [0.29, 0.717) is 22.7 Å². The monoisotopic (exact) mass is 439 g/mol. The van der Waals surface area contributed by atoms with Gasteiger partial charge in [0.05, 0.1) is 16.1 Å². The molecule has 0 unspecified atom stereocenters. The molecule has 1 heterocycles. The highest BCUT2D eigenvalue weighted by Crippen LogP contribution is 2.24. The number of anilines is 2. The number of para-hydroxylation sites is 1. The van der Waals surface area contributed by atoms with Crippen LogP contribution in [-0.4, -0.2) is 19.3 Å². The highest BCUT2D eigenvalue weighted by atomic mass is 32.2. The summed E-state index contributed by atoms with van der Waals surface area (Å²) in [6.45, 7) is 3.20. The number of carbonyl (C=O) groups is 1. The van der Waals surface area contributed by atoms with E-state index in [-0.39, 0.29) is 21.7 Å². The minimum Gasteiger partial charge on any atom is -0.441 e. The molecule has 0 saturated heterocycles. The molecule has 0 radical (unpaired) electrons. The second-order valence-corrected chi connectivity index (χ2v) is 8.61. The Balaban J connectivity index is 1.61. The molecule has 0 bridgehead atoms. The zero-order valence-corrected chi connectivity index (χ0v) is 17.5. The van der Waals surface area contributed by atoms with E-state index in [0.717, 1.165) is 6.07 Å². The minimum absolute atomic E-state index is 0.0975. The lowest BCUT2D eigenvalue weighted by molar-refractivity contribution is 0.102. The molecule has 0 spiro atoms. The van der Waals surface area contributed by atoms with Gasteiger partial charge in [0.2, 0.25) is 0 Å². The van der Waals surface area contributed by atoms with Gasteiger partial charge in [-0.1, -0.05) is 12.1 Å². The number of fused-ring (bicyclic) bond motifs is 1. The number of nitrogens with one attached hydrogen (secondary N) is 2. The van der Waals surface area contributed by atoms with Crippen LogP contribution in [0, 0.1) is 19.7 Å². The fourth-order valence-electron chi connectivity index (χ4n) is 3.08. The number of benzene rings is 3. The summed E-state index contributed by atoms with van der Waals surface area (Å²) < 4.78 is 46.9. The van der Waals surface area contributed by atoms with Crippen LogP contribution >= 0.6 is 0 Å². The van der Waals surface area contributed by atoms with Crippen molar-refractivity contribution in [1.82, 2.24) is 4.98 Å². The van der Waals surface area contributed by atoms with Crippen LogP contribution in [0.5, 0.6) is 0 Å². The normalized spacial score (nSPS) is 11.5. The van der Waals surface area contributed by atoms with Gasteiger partial charge in [-0.25, -0.2) is 17.8 Å². The SMILES string of the molecule is Cc1nc2cc(NC(=O)c3ccccc3NS(=O)(=O)c3ccc(F)c(C)c3)ccc2o1. The highest BCUT2D eigenvalue weighted by molar-refractivity contribution is 7.92. The first-order valence-corrected chi connectivity index (χ1v) is 10.8. The van der Waals surface area contributed by atoms with E-state index < -0.39 is 21.7 Å². The smallest absolute Gasteiger partial charge is 0.261 e. The van der Waals surface area contributed by atoms with E-state index in [2.05, 4.69) is 15.0 Å². The first-order valence-electron chi connectivity index (χ1n) is 9.29. The maximum atomic E-state index is 13.5. The van der Waals surface area contributed by atoms with Gasteiger partial charge in [0, 0.05) is 12.6 Å². The van der Waals surface area contributed by atoms with Crippen LogP contribution in [0.15, 0.2) is 70.0 Å². The molecular formula is C22H18FN3O4S. The fourth-order valence-corrected chi connectivity index (χ4v) is 4.24. The van der Waals surface area contributed by atoms with Crippen molar-refractivity contribution in [3.8, 4) is 0 Å². The quantitative estimate of drug-likeness (QED) is 0.472. The van der Waals surface area contributed by atoms with Crippen LogP contribution in [-0.2, 0) is 10.0 Å². The number of oxazole rings is 1. The van der Waals surface area contributed by atoms with Crippen molar-refractivity contribution < 1.29 is 22.0 Å². The van der Waals surface area contributed by atoms with E-state index in [9.17, 15) is 17.6 Å². The van der Waals surface area contributed by atoms with Crippen molar-refractivity contribution in [2.24, 2.45) is 0 Å². The number of hydrogen-bond donors (Lipinski definition) is 2. The summed E-state index contributed by atoms with van der Waals surface area (Å²) in [6, 6.07) is 14.7. The number of rotatable bonds is 5. The van der Waals surface area contributed by atoms with E-state index >= 15 is 0 Å². The van der Waals surface area contributed by atoms with Gasteiger partial charge in [-0.05, 0) is 61.0 Å². The molecule has 158 valence electrons. The summed E-state index contributed by atoms with van der Waals surface area (Å²) in [5.74, 6) is -0.500. The minimum atomic E-state index is -4.03. The number of hydrogen-bond acceptors (Lipinski definition) is 5. The van der Waals surface area contributed by atoms with Crippen molar-refractivity contribution >= 4 is 38.4 Å². The van der Waals surface area contributed by atoms with Gasteiger partial charge >= 0.3 is 0 Å². The molecule has 0 aliphatic heterocycles. The van der Waals surface area contributed by atoms with Crippen LogP contribution < -0.4 is 10.0 Å².